The highest BCUT2D eigenvalue weighted by atomic mass is 16.6. The zero-order chi connectivity index (χ0) is 13.3. The van der Waals surface area contributed by atoms with E-state index in [-0.39, 0.29) is 11.4 Å². The fourth-order valence-electron chi connectivity index (χ4n) is 1.69. The van der Waals surface area contributed by atoms with Gasteiger partial charge in [0.2, 0.25) is 5.52 Å². The lowest BCUT2D eigenvalue weighted by atomic mass is 10.2. The molecule has 2 aromatic heterocycles. The number of carbonyl (C=O) groups excluding carboxylic acids is 1. The highest BCUT2D eigenvalue weighted by Crippen LogP contribution is 2.18. The standard InChI is InChI=1S/C14H15NO3/c1-14(2,3)18-13(17)12-11(16)8-7-10-6-4-5-9-15(10)12/h4-9H,1-3H3/p+1. The second kappa shape index (κ2) is 4.29. The van der Waals surface area contributed by atoms with Gasteiger partial charge in [-0.1, -0.05) is 0 Å². The molecular formula is C14H16NO3+. The van der Waals surface area contributed by atoms with Gasteiger partial charge in [0.15, 0.2) is 11.9 Å². The van der Waals surface area contributed by atoms with Crippen molar-refractivity contribution in [3.63, 3.8) is 0 Å². The van der Waals surface area contributed by atoms with Crippen LogP contribution in [0.5, 0.6) is 5.75 Å². The van der Waals surface area contributed by atoms with Gasteiger partial charge in [0.25, 0.3) is 0 Å². The van der Waals surface area contributed by atoms with Crippen LogP contribution in [0.1, 0.15) is 31.3 Å². The molecule has 0 amide bonds. The van der Waals surface area contributed by atoms with Gasteiger partial charge in [-0.05, 0) is 32.9 Å². The molecule has 0 saturated carbocycles. The van der Waals surface area contributed by atoms with Crippen LogP contribution in [0.4, 0.5) is 0 Å². The number of aromatic hydroxyl groups is 1. The van der Waals surface area contributed by atoms with Crippen molar-refractivity contribution in [2.45, 2.75) is 26.4 Å². The zero-order valence-electron chi connectivity index (χ0n) is 10.7. The van der Waals surface area contributed by atoms with Crippen LogP contribution >= 0.6 is 0 Å². The molecule has 0 fully saturated rings. The second-order valence-electron chi connectivity index (χ2n) is 5.06. The first kappa shape index (κ1) is 12.4. The summed E-state index contributed by atoms with van der Waals surface area (Å²) in [6.45, 7) is 5.37. The van der Waals surface area contributed by atoms with Gasteiger partial charge in [0.1, 0.15) is 5.60 Å². The minimum Gasteiger partial charge on any atom is -0.502 e. The van der Waals surface area contributed by atoms with Gasteiger partial charge in [-0.15, -0.1) is 0 Å². The van der Waals surface area contributed by atoms with E-state index in [9.17, 15) is 9.90 Å². The maximum atomic E-state index is 12.1. The number of ether oxygens (including phenoxy) is 1. The molecule has 0 atom stereocenters. The predicted octanol–water partition coefficient (Wildman–Crippen LogP) is 2.09. The van der Waals surface area contributed by atoms with Crippen molar-refractivity contribution in [2.24, 2.45) is 0 Å². The normalized spacial score (nSPS) is 11.5. The summed E-state index contributed by atoms with van der Waals surface area (Å²) in [5, 5.41) is 9.85. The third kappa shape index (κ3) is 2.42. The van der Waals surface area contributed by atoms with Crippen molar-refractivity contribution in [2.75, 3.05) is 0 Å². The maximum absolute atomic E-state index is 12.1. The Morgan fingerprint density at radius 1 is 1.22 bits per heavy atom. The SMILES string of the molecule is CC(C)(C)OC(=O)c1c(O)ccc2cccc[n+]12. The van der Waals surface area contributed by atoms with Crippen LogP contribution in [0, 0.1) is 0 Å². The predicted molar refractivity (Wildman–Crippen MR) is 66.4 cm³/mol. The number of pyridine rings is 2. The fourth-order valence-corrected chi connectivity index (χ4v) is 1.69. The van der Waals surface area contributed by atoms with E-state index in [1.165, 1.54) is 6.07 Å². The molecule has 4 nitrogen and oxygen atoms in total. The van der Waals surface area contributed by atoms with Crippen molar-refractivity contribution in [3.8, 4) is 5.75 Å². The van der Waals surface area contributed by atoms with E-state index in [1.54, 1.807) is 43.5 Å². The van der Waals surface area contributed by atoms with Crippen molar-refractivity contribution in [3.05, 3.63) is 42.2 Å². The van der Waals surface area contributed by atoms with Crippen molar-refractivity contribution in [1.82, 2.24) is 0 Å². The van der Waals surface area contributed by atoms with E-state index >= 15 is 0 Å². The molecule has 0 bridgehead atoms. The minimum atomic E-state index is -0.596. The molecule has 18 heavy (non-hydrogen) atoms. The zero-order valence-corrected chi connectivity index (χ0v) is 10.7. The lowest BCUT2D eigenvalue weighted by molar-refractivity contribution is -0.516. The Morgan fingerprint density at radius 3 is 2.61 bits per heavy atom. The van der Waals surface area contributed by atoms with Gasteiger partial charge in [0.05, 0.1) is 0 Å². The second-order valence-corrected chi connectivity index (χ2v) is 5.06. The number of nitrogens with zero attached hydrogens (tertiary/aromatic N) is 1. The van der Waals surface area contributed by atoms with E-state index in [1.807, 2.05) is 12.1 Å². The van der Waals surface area contributed by atoms with E-state index in [0.29, 0.717) is 0 Å². The molecule has 0 saturated heterocycles. The summed E-state index contributed by atoms with van der Waals surface area (Å²) in [5.41, 5.74) is 0.361. The smallest absolute Gasteiger partial charge is 0.408 e. The molecule has 0 spiro atoms. The average Bonchev–Trinajstić information content (AvgIpc) is 2.26. The molecule has 0 aliphatic carbocycles. The number of hydrogen-bond acceptors (Lipinski definition) is 3. The summed E-state index contributed by atoms with van der Waals surface area (Å²) in [4.78, 5) is 12.1. The molecule has 2 rings (SSSR count). The van der Waals surface area contributed by atoms with Crippen LogP contribution in [0.15, 0.2) is 36.5 Å². The molecule has 2 heterocycles. The van der Waals surface area contributed by atoms with Crippen molar-refractivity contribution >= 4 is 11.5 Å². The van der Waals surface area contributed by atoms with Gasteiger partial charge in [-0.2, -0.15) is 4.40 Å². The van der Waals surface area contributed by atoms with Crippen LogP contribution in [0.25, 0.3) is 5.52 Å². The van der Waals surface area contributed by atoms with Gasteiger partial charge < -0.3 is 9.84 Å². The number of rotatable bonds is 1. The van der Waals surface area contributed by atoms with Crippen LogP contribution in [0.2, 0.25) is 0 Å². The van der Waals surface area contributed by atoms with E-state index in [4.69, 9.17) is 4.74 Å². The number of fused-ring (bicyclic) bond motifs is 1. The average molecular weight is 246 g/mol. The fraction of sp³-hybridized carbons (Fsp3) is 0.286. The lowest BCUT2D eigenvalue weighted by Gasteiger charge is -2.18. The molecule has 4 heteroatoms. The largest absolute Gasteiger partial charge is 0.502 e. The first-order chi connectivity index (χ1) is 8.38. The summed E-state index contributed by atoms with van der Waals surface area (Å²) < 4.78 is 6.91. The van der Waals surface area contributed by atoms with Crippen LogP contribution < -0.4 is 4.40 Å². The Hall–Kier alpha value is -2.10. The quantitative estimate of drug-likeness (QED) is 0.619. The Kier molecular flexibility index (Phi) is 2.95. The summed E-state index contributed by atoms with van der Waals surface area (Å²) in [7, 11) is 0. The van der Waals surface area contributed by atoms with Crippen LogP contribution in [-0.2, 0) is 4.74 Å². The number of carbonyl (C=O) groups is 1. The van der Waals surface area contributed by atoms with Gasteiger partial charge >= 0.3 is 11.7 Å². The maximum Gasteiger partial charge on any atom is 0.408 e. The van der Waals surface area contributed by atoms with E-state index in [0.717, 1.165) is 5.52 Å². The molecule has 2 aromatic rings. The van der Waals surface area contributed by atoms with Crippen LogP contribution in [0.3, 0.4) is 0 Å². The lowest BCUT2D eigenvalue weighted by Crippen LogP contribution is -2.34. The molecule has 0 aliphatic rings. The Labute approximate surface area is 105 Å². The molecular weight excluding hydrogens is 230 g/mol. The Morgan fingerprint density at radius 2 is 1.94 bits per heavy atom. The van der Waals surface area contributed by atoms with Gasteiger partial charge in [0, 0.05) is 18.2 Å². The Balaban J connectivity index is 2.56. The summed E-state index contributed by atoms with van der Waals surface area (Å²) in [6, 6.07) is 8.75. The molecule has 94 valence electrons. The third-order valence-corrected chi connectivity index (χ3v) is 2.38. The first-order valence-electron chi connectivity index (χ1n) is 5.74. The highest BCUT2D eigenvalue weighted by molar-refractivity contribution is 5.89. The number of hydrogen-bond donors (Lipinski definition) is 1. The molecule has 1 N–H and O–H groups in total. The third-order valence-electron chi connectivity index (χ3n) is 2.38. The minimum absolute atomic E-state index is 0.0899. The molecule has 0 aliphatic heterocycles. The number of esters is 1. The molecule has 0 radical (unpaired) electrons. The summed E-state index contributed by atoms with van der Waals surface area (Å²) in [6.07, 6.45) is 1.72. The topological polar surface area (TPSA) is 50.6 Å². The van der Waals surface area contributed by atoms with E-state index < -0.39 is 11.6 Å². The van der Waals surface area contributed by atoms with Crippen LogP contribution in [-0.4, -0.2) is 16.7 Å². The molecule has 0 unspecified atom stereocenters. The molecule has 0 aromatic carbocycles. The van der Waals surface area contributed by atoms with E-state index in [2.05, 4.69) is 0 Å². The first-order valence-corrected chi connectivity index (χ1v) is 5.74. The van der Waals surface area contributed by atoms with Crippen molar-refractivity contribution < 1.29 is 19.0 Å². The summed E-state index contributed by atoms with van der Waals surface area (Å²) in [5.74, 6) is -0.630. The van der Waals surface area contributed by atoms with Crippen molar-refractivity contribution in [1.29, 1.82) is 0 Å². The number of aromatic nitrogens is 1. The highest BCUT2D eigenvalue weighted by Gasteiger charge is 2.29. The Bertz CT molecular complexity index is 600. The monoisotopic (exact) mass is 246 g/mol. The van der Waals surface area contributed by atoms with Gasteiger partial charge in [-0.3, -0.25) is 0 Å². The summed E-state index contributed by atoms with van der Waals surface area (Å²) >= 11 is 0. The van der Waals surface area contributed by atoms with Gasteiger partial charge in [-0.25, -0.2) is 4.79 Å².